The molecule has 1 saturated heterocycles. The van der Waals surface area contributed by atoms with Crippen molar-refractivity contribution in [3.63, 3.8) is 0 Å². The van der Waals surface area contributed by atoms with Gasteiger partial charge >= 0.3 is 0 Å². The fourth-order valence-corrected chi connectivity index (χ4v) is 4.32. The molecule has 0 spiro atoms. The van der Waals surface area contributed by atoms with E-state index >= 15 is 0 Å². The van der Waals surface area contributed by atoms with Gasteiger partial charge in [-0.25, -0.2) is 4.39 Å². The largest absolute Gasteiger partial charge is 0.338 e. The van der Waals surface area contributed by atoms with Gasteiger partial charge in [-0.1, -0.05) is 29.0 Å². The highest BCUT2D eigenvalue weighted by molar-refractivity contribution is 7.13. The van der Waals surface area contributed by atoms with Crippen molar-refractivity contribution in [3.05, 3.63) is 75.5 Å². The van der Waals surface area contributed by atoms with Crippen LogP contribution in [0.3, 0.4) is 0 Å². The van der Waals surface area contributed by atoms with Crippen LogP contribution in [0.5, 0.6) is 0 Å². The Morgan fingerprint density at radius 2 is 1.83 bits per heavy atom. The molecule has 1 fully saturated rings. The molecule has 1 N–H and O–H groups in total. The Morgan fingerprint density at radius 3 is 2.57 bits per heavy atom. The summed E-state index contributed by atoms with van der Waals surface area (Å²) in [5, 5.41) is 12.1. The van der Waals surface area contributed by atoms with Gasteiger partial charge in [0.15, 0.2) is 0 Å². The number of carbonyl (C=O) groups is 2. The number of aryl methyl sites for hydroxylation is 1. The summed E-state index contributed by atoms with van der Waals surface area (Å²) >= 11 is 1.26. The molecule has 2 aromatic carbocycles. The summed E-state index contributed by atoms with van der Waals surface area (Å²) in [6, 6.07) is 13.1. The summed E-state index contributed by atoms with van der Waals surface area (Å²) in [6.07, 6.45) is 1.71. The first-order valence-electron chi connectivity index (χ1n) is 9.76. The van der Waals surface area contributed by atoms with Gasteiger partial charge in [0.25, 0.3) is 11.8 Å². The molecule has 8 heteroatoms. The minimum absolute atomic E-state index is 0.0292. The summed E-state index contributed by atoms with van der Waals surface area (Å²) in [5.74, 6) is -0.755. The number of hydrogen-bond donors (Lipinski definition) is 1. The van der Waals surface area contributed by atoms with Crippen molar-refractivity contribution in [1.29, 1.82) is 0 Å². The van der Waals surface area contributed by atoms with Gasteiger partial charge in [0, 0.05) is 30.3 Å². The van der Waals surface area contributed by atoms with Gasteiger partial charge in [0.2, 0.25) is 5.01 Å². The topological polar surface area (TPSA) is 75.2 Å². The zero-order chi connectivity index (χ0) is 21.1. The van der Waals surface area contributed by atoms with Crippen LogP contribution in [0.1, 0.15) is 49.5 Å². The zero-order valence-electron chi connectivity index (χ0n) is 16.5. The lowest BCUT2D eigenvalue weighted by atomic mass is 9.98. The van der Waals surface area contributed by atoms with E-state index < -0.39 is 0 Å². The lowest BCUT2D eigenvalue weighted by Crippen LogP contribution is -2.39. The fourth-order valence-electron chi connectivity index (χ4n) is 3.45. The maximum absolute atomic E-state index is 13.1. The Balaban J connectivity index is 1.42. The van der Waals surface area contributed by atoms with Crippen molar-refractivity contribution in [2.24, 2.45) is 0 Å². The van der Waals surface area contributed by atoms with E-state index in [1.165, 1.54) is 35.6 Å². The van der Waals surface area contributed by atoms with Gasteiger partial charge in [0.05, 0.1) is 0 Å². The third kappa shape index (κ3) is 4.54. The molecule has 0 aliphatic carbocycles. The number of amides is 2. The summed E-state index contributed by atoms with van der Waals surface area (Å²) in [5.41, 5.74) is 2.28. The molecule has 0 bridgehead atoms. The molecule has 0 saturated carbocycles. The number of halogens is 1. The first-order chi connectivity index (χ1) is 14.5. The standard InChI is InChI=1S/C22H21FN4O2S/c1-14-4-10-18(11-5-14)24-19(28)21-26-25-20(30-21)16-3-2-12-27(13-16)22(29)15-6-8-17(23)9-7-15/h4-11,16H,2-3,12-13H2,1H3,(H,24,28). The van der Waals surface area contributed by atoms with Gasteiger partial charge < -0.3 is 10.2 Å². The van der Waals surface area contributed by atoms with Gasteiger partial charge in [0.1, 0.15) is 10.8 Å². The summed E-state index contributed by atoms with van der Waals surface area (Å²) in [4.78, 5) is 27.0. The van der Waals surface area contributed by atoms with Crippen molar-refractivity contribution in [2.75, 3.05) is 18.4 Å². The summed E-state index contributed by atoms with van der Waals surface area (Å²) in [7, 11) is 0. The molecule has 1 aliphatic heterocycles. The van der Waals surface area contributed by atoms with Crippen LogP contribution in [-0.4, -0.2) is 40.0 Å². The molecule has 2 amide bonds. The third-order valence-electron chi connectivity index (χ3n) is 5.09. The van der Waals surface area contributed by atoms with Crippen LogP contribution in [0.15, 0.2) is 48.5 Å². The molecule has 1 aromatic heterocycles. The maximum Gasteiger partial charge on any atom is 0.286 e. The highest BCUT2D eigenvalue weighted by Crippen LogP contribution is 2.30. The average Bonchev–Trinajstić information content (AvgIpc) is 3.26. The second-order valence-corrected chi connectivity index (χ2v) is 8.37. The van der Waals surface area contributed by atoms with E-state index in [-0.39, 0.29) is 23.5 Å². The van der Waals surface area contributed by atoms with Crippen LogP contribution < -0.4 is 5.32 Å². The molecular weight excluding hydrogens is 403 g/mol. The number of piperidine rings is 1. The number of aromatic nitrogens is 2. The second kappa shape index (κ2) is 8.71. The first kappa shape index (κ1) is 20.2. The third-order valence-corrected chi connectivity index (χ3v) is 6.18. The van der Waals surface area contributed by atoms with Crippen LogP contribution in [-0.2, 0) is 0 Å². The predicted octanol–water partition coefficient (Wildman–Crippen LogP) is 4.26. The van der Waals surface area contributed by atoms with E-state index in [1.807, 2.05) is 31.2 Å². The van der Waals surface area contributed by atoms with Crippen molar-refractivity contribution >= 4 is 28.8 Å². The molecule has 154 valence electrons. The average molecular weight is 425 g/mol. The number of benzene rings is 2. The molecular formula is C22H21FN4O2S. The van der Waals surface area contributed by atoms with Crippen molar-refractivity contribution in [2.45, 2.75) is 25.7 Å². The number of nitrogens with one attached hydrogen (secondary N) is 1. The van der Waals surface area contributed by atoms with Gasteiger partial charge in [-0.05, 0) is 56.2 Å². The smallest absolute Gasteiger partial charge is 0.286 e. The lowest BCUT2D eigenvalue weighted by Gasteiger charge is -2.31. The van der Waals surface area contributed by atoms with E-state index in [0.29, 0.717) is 29.3 Å². The van der Waals surface area contributed by atoms with Gasteiger partial charge in [-0.15, -0.1) is 10.2 Å². The van der Waals surface area contributed by atoms with E-state index in [2.05, 4.69) is 15.5 Å². The molecule has 4 rings (SSSR count). The quantitative estimate of drug-likeness (QED) is 0.679. The first-order valence-corrected chi connectivity index (χ1v) is 10.6. The molecule has 1 unspecified atom stereocenters. The fraction of sp³-hybridized carbons (Fsp3) is 0.273. The van der Waals surface area contributed by atoms with Crippen LogP contribution in [0, 0.1) is 12.7 Å². The molecule has 1 atom stereocenters. The van der Waals surface area contributed by atoms with E-state index in [1.54, 1.807) is 4.90 Å². The van der Waals surface area contributed by atoms with E-state index in [0.717, 1.165) is 23.4 Å². The van der Waals surface area contributed by atoms with Crippen LogP contribution in [0.2, 0.25) is 0 Å². The minimum Gasteiger partial charge on any atom is -0.338 e. The SMILES string of the molecule is Cc1ccc(NC(=O)c2nnc(C3CCCN(C(=O)c4ccc(F)cc4)C3)s2)cc1. The number of rotatable bonds is 4. The summed E-state index contributed by atoms with van der Waals surface area (Å²) in [6.45, 7) is 3.13. The normalized spacial score (nSPS) is 16.3. The Kier molecular flexibility index (Phi) is 5.85. The number of carbonyl (C=O) groups excluding carboxylic acids is 2. The maximum atomic E-state index is 13.1. The number of likely N-dealkylation sites (tertiary alicyclic amines) is 1. The number of anilines is 1. The predicted molar refractivity (Wildman–Crippen MR) is 113 cm³/mol. The highest BCUT2D eigenvalue weighted by Gasteiger charge is 2.28. The minimum atomic E-state index is -0.367. The van der Waals surface area contributed by atoms with E-state index in [9.17, 15) is 14.0 Å². The molecule has 3 aromatic rings. The Bertz CT molecular complexity index is 1050. The van der Waals surface area contributed by atoms with Crippen LogP contribution in [0.4, 0.5) is 10.1 Å². The second-order valence-electron chi connectivity index (χ2n) is 7.36. The Morgan fingerprint density at radius 1 is 1.10 bits per heavy atom. The Hall–Kier alpha value is -3.13. The highest BCUT2D eigenvalue weighted by atomic mass is 32.1. The molecule has 6 nitrogen and oxygen atoms in total. The van der Waals surface area contributed by atoms with Gasteiger partial charge in [-0.3, -0.25) is 9.59 Å². The zero-order valence-corrected chi connectivity index (χ0v) is 17.3. The monoisotopic (exact) mass is 424 g/mol. The van der Waals surface area contributed by atoms with Crippen molar-refractivity contribution in [1.82, 2.24) is 15.1 Å². The van der Waals surface area contributed by atoms with Crippen LogP contribution >= 0.6 is 11.3 Å². The van der Waals surface area contributed by atoms with Crippen molar-refractivity contribution in [3.8, 4) is 0 Å². The summed E-state index contributed by atoms with van der Waals surface area (Å²) < 4.78 is 13.1. The van der Waals surface area contributed by atoms with Crippen molar-refractivity contribution < 1.29 is 14.0 Å². The molecule has 0 radical (unpaired) electrons. The number of nitrogens with zero attached hydrogens (tertiary/aromatic N) is 3. The lowest BCUT2D eigenvalue weighted by molar-refractivity contribution is 0.0706. The number of hydrogen-bond acceptors (Lipinski definition) is 5. The Labute approximate surface area is 177 Å². The van der Waals surface area contributed by atoms with E-state index in [4.69, 9.17) is 0 Å². The molecule has 1 aliphatic rings. The van der Waals surface area contributed by atoms with Gasteiger partial charge in [-0.2, -0.15) is 0 Å². The molecule has 2 heterocycles. The molecule has 30 heavy (non-hydrogen) atoms. The van der Waals surface area contributed by atoms with Crippen LogP contribution in [0.25, 0.3) is 0 Å².